The molecule has 0 heterocycles. The number of carbonyl (C=O) groups is 2. The standard InChI is InChI=1S/C12H25N3O2/c1-7-15(8-2)11(16)9-14(6)10(3)12(17)13(4)5/h10H,7-9H2,1-6H3. The SMILES string of the molecule is CCN(CC)C(=O)CN(C)C(C)C(=O)N(C)C. The molecule has 0 saturated carbocycles. The van der Waals surface area contributed by atoms with Crippen molar-refractivity contribution in [2.75, 3.05) is 40.8 Å². The van der Waals surface area contributed by atoms with Gasteiger partial charge in [-0.3, -0.25) is 14.5 Å². The van der Waals surface area contributed by atoms with E-state index in [1.165, 1.54) is 0 Å². The Labute approximate surface area is 104 Å². The van der Waals surface area contributed by atoms with E-state index in [1.807, 2.05) is 20.8 Å². The van der Waals surface area contributed by atoms with E-state index in [0.29, 0.717) is 13.1 Å². The molecule has 5 heteroatoms. The molecule has 0 N–H and O–H groups in total. The van der Waals surface area contributed by atoms with Gasteiger partial charge in [-0.25, -0.2) is 0 Å². The molecule has 0 aliphatic carbocycles. The van der Waals surface area contributed by atoms with Gasteiger partial charge in [0.1, 0.15) is 0 Å². The molecule has 0 fully saturated rings. The Kier molecular flexibility index (Phi) is 6.80. The molecule has 0 aliphatic heterocycles. The normalized spacial score (nSPS) is 12.4. The third-order valence-corrected chi connectivity index (χ3v) is 2.96. The molecule has 0 aromatic carbocycles. The van der Waals surface area contributed by atoms with Crippen LogP contribution in [0.4, 0.5) is 0 Å². The molecule has 0 aromatic heterocycles. The molecule has 0 aliphatic rings. The van der Waals surface area contributed by atoms with Crippen LogP contribution in [-0.4, -0.2) is 73.3 Å². The molecular formula is C12H25N3O2. The molecule has 0 rings (SSSR count). The van der Waals surface area contributed by atoms with Crippen LogP contribution < -0.4 is 0 Å². The second-order valence-electron chi connectivity index (χ2n) is 4.39. The predicted octanol–water partition coefficient (Wildman–Crippen LogP) is 0.263. The largest absolute Gasteiger partial charge is 0.347 e. The van der Waals surface area contributed by atoms with Gasteiger partial charge in [-0.05, 0) is 27.8 Å². The molecule has 0 saturated heterocycles. The van der Waals surface area contributed by atoms with E-state index >= 15 is 0 Å². The Morgan fingerprint density at radius 3 is 1.88 bits per heavy atom. The zero-order valence-corrected chi connectivity index (χ0v) is 11.9. The number of amides is 2. The third kappa shape index (κ3) is 4.73. The lowest BCUT2D eigenvalue weighted by Gasteiger charge is -2.28. The summed E-state index contributed by atoms with van der Waals surface area (Å²) in [5.41, 5.74) is 0. The fourth-order valence-corrected chi connectivity index (χ4v) is 1.59. The first-order valence-electron chi connectivity index (χ1n) is 6.04. The van der Waals surface area contributed by atoms with Gasteiger partial charge < -0.3 is 9.80 Å². The maximum Gasteiger partial charge on any atom is 0.239 e. The van der Waals surface area contributed by atoms with Crippen molar-refractivity contribution in [2.45, 2.75) is 26.8 Å². The Morgan fingerprint density at radius 2 is 1.53 bits per heavy atom. The molecule has 0 spiro atoms. The van der Waals surface area contributed by atoms with Gasteiger partial charge in [0, 0.05) is 27.2 Å². The highest BCUT2D eigenvalue weighted by atomic mass is 16.2. The average Bonchev–Trinajstić information content (AvgIpc) is 2.28. The fraction of sp³-hybridized carbons (Fsp3) is 0.833. The summed E-state index contributed by atoms with van der Waals surface area (Å²) in [6.07, 6.45) is 0. The molecule has 17 heavy (non-hydrogen) atoms. The molecule has 5 nitrogen and oxygen atoms in total. The van der Waals surface area contributed by atoms with Gasteiger partial charge in [-0.1, -0.05) is 0 Å². The third-order valence-electron chi connectivity index (χ3n) is 2.96. The average molecular weight is 243 g/mol. The van der Waals surface area contributed by atoms with Crippen molar-refractivity contribution in [3.63, 3.8) is 0 Å². The molecule has 2 amide bonds. The van der Waals surface area contributed by atoms with E-state index in [4.69, 9.17) is 0 Å². The summed E-state index contributed by atoms with van der Waals surface area (Å²) < 4.78 is 0. The van der Waals surface area contributed by atoms with Crippen LogP contribution in [-0.2, 0) is 9.59 Å². The van der Waals surface area contributed by atoms with Gasteiger partial charge in [0.25, 0.3) is 0 Å². The highest BCUT2D eigenvalue weighted by Crippen LogP contribution is 2.01. The molecule has 100 valence electrons. The Morgan fingerprint density at radius 1 is 1.06 bits per heavy atom. The maximum atomic E-state index is 11.9. The lowest BCUT2D eigenvalue weighted by Crippen LogP contribution is -2.47. The monoisotopic (exact) mass is 243 g/mol. The predicted molar refractivity (Wildman–Crippen MR) is 68.7 cm³/mol. The summed E-state index contributed by atoms with van der Waals surface area (Å²) in [6, 6.07) is -0.274. The molecular weight excluding hydrogens is 218 g/mol. The summed E-state index contributed by atoms with van der Waals surface area (Å²) in [5.74, 6) is 0.0794. The summed E-state index contributed by atoms with van der Waals surface area (Å²) in [5, 5.41) is 0. The molecule has 1 atom stereocenters. The van der Waals surface area contributed by atoms with Gasteiger partial charge in [0.15, 0.2) is 0 Å². The maximum absolute atomic E-state index is 11.9. The van der Waals surface area contributed by atoms with Crippen molar-refractivity contribution in [3.05, 3.63) is 0 Å². The Balaban J connectivity index is 4.39. The first-order chi connectivity index (χ1) is 7.84. The van der Waals surface area contributed by atoms with Crippen LogP contribution in [0.1, 0.15) is 20.8 Å². The zero-order valence-electron chi connectivity index (χ0n) is 11.9. The number of likely N-dealkylation sites (N-methyl/N-ethyl adjacent to an activating group) is 3. The number of hydrogen-bond donors (Lipinski definition) is 0. The summed E-state index contributed by atoms with van der Waals surface area (Å²) in [4.78, 5) is 28.7. The minimum absolute atomic E-state index is 0.0137. The van der Waals surface area contributed by atoms with Gasteiger partial charge >= 0.3 is 0 Å². The van der Waals surface area contributed by atoms with Crippen LogP contribution in [0.3, 0.4) is 0 Å². The van der Waals surface area contributed by atoms with E-state index in [1.54, 1.807) is 35.8 Å². The number of rotatable bonds is 6. The Bertz CT molecular complexity index is 262. The van der Waals surface area contributed by atoms with Gasteiger partial charge in [-0.15, -0.1) is 0 Å². The molecule has 0 bridgehead atoms. The second kappa shape index (κ2) is 7.27. The minimum atomic E-state index is -0.274. The minimum Gasteiger partial charge on any atom is -0.347 e. The van der Waals surface area contributed by atoms with Crippen molar-refractivity contribution < 1.29 is 9.59 Å². The smallest absolute Gasteiger partial charge is 0.239 e. The topological polar surface area (TPSA) is 43.9 Å². The van der Waals surface area contributed by atoms with E-state index < -0.39 is 0 Å². The lowest BCUT2D eigenvalue weighted by molar-refractivity contribution is -0.136. The van der Waals surface area contributed by atoms with Gasteiger partial charge in [-0.2, -0.15) is 0 Å². The number of nitrogens with zero attached hydrogens (tertiary/aromatic N) is 3. The molecule has 1 unspecified atom stereocenters. The second-order valence-corrected chi connectivity index (χ2v) is 4.39. The van der Waals surface area contributed by atoms with Crippen LogP contribution in [0.15, 0.2) is 0 Å². The lowest BCUT2D eigenvalue weighted by atomic mass is 10.2. The van der Waals surface area contributed by atoms with E-state index in [2.05, 4.69) is 0 Å². The van der Waals surface area contributed by atoms with Crippen LogP contribution in [0.5, 0.6) is 0 Å². The Hall–Kier alpha value is -1.10. The van der Waals surface area contributed by atoms with E-state index in [-0.39, 0.29) is 24.4 Å². The highest BCUT2D eigenvalue weighted by Gasteiger charge is 2.22. The van der Waals surface area contributed by atoms with Crippen molar-refractivity contribution in [2.24, 2.45) is 0 Å². The fourth-order valence-electron chi connectivity index (χ4n) is 1.59. The quantitative estimate of drug-likeness (QED) is 0.672. The molecule has 0 aromatic rings. The first kappa shape index (κ1) is 15.9. The summed E-state index contributed by atoms with van der Waals surface area (Å²) in [6.45, 7) is 7.42. The van der Waals surface area contributed by atoms with Crippen molar-refractivity contribution >= 4 is 11.8 Å². The first-order valence-corrected chi connectivity index (χ1v) is 6.04. The summed E-state index contributed by atoms with van der Waals surface area (Å²) in [7, 11) is 5.24. The van der Waals surface area contributed by atoms with Crippen LogP contribution in [0.2, 0.25) is 0 Å². The number of carbonyl (C=O) groups excluding carboxylic acids is 2. The van der Waals surface area contributed by atoms with Crippen molar-refractivity contribution in [1.82, 2.24) is 14.7 Å². The van der Waals surface area contributed by atoms with E-state index in [9.17, 15) is 9.59 Å². The van der Waals surface area contributed by atoms with Crippen LogP contribution >= 0.6 is 0 Å². The van der Waals surface area contributed by atoms with Gasteiger partial charge in [0.2, 0.25) is 11.8 Å². The van der Waals surface area contributed by atoms with Crippen molar-refractivity contribution in [1.29, 1.82) is 0 Å². The van der Waals surface area contributed by atoms with Crippen molar-refractivity contribution in [3.8, 4) is 0 Å². The van der Waals surface area contributed by atoms with E-state index in [0.717, 1.165) is 0 Å². The molecule has 0 radical (unpaired) electrons. The zero-order chi connectivity index (χ0) is 13.6. The highest BCUT2D eigenvalue weighted by molar-refractivity contribution is 5.83. The number of hydrogen-bond acceptors (Lipinski definition) is 3. The van der Waals surface area contributed by atoms with Crippen LogP contribution in [0, 0.1) is 0 Å². The van der Waals surface area contributed by atoms with Crippen LogP contribution in [0.25, 0.3) is 0 Å². The summed E-state index contributed by atoms with van der Waals surface area (Å²) >= 11 is 0. The van der Waals surface area contributed by atoms with Gasteiger partial charge in [0.05, 0.1) is 12.6 Å².